The number of nitrogens with zero attached hydrogens (tertiary/aromatic N) is 1. The molecule has 6 heteroatoms. The van der Waals surface area contributed by atoms with Crippen LogP contribution < -0.4 is 0 Å². The molecule has 6 aromatic rings. The first-order valence-electron chi connectivity index (χ1n) is 19.4. The molecule has 1 radical (unpaired) electrons. The molecule has 54 heavy (non-hydrogen) atoms. The molecule has 0 unspecified atom stereocenters. The number of aliphatic hydroxyl groups excluding tert-OH is 1. The van der Waals surface area contributed by atoms with Gasteiger partial charge in [0.1, 0.15) is 17.1 Å². The van der Waals surface area contributed by atoms with Crippen LogP contribution >= 0.6 is 11.3 Å². The van der Waals surface area contributed by atoms with Crippen LogP contribution in [0, 0.1) is 22.8 Å². The van der Waals surface area contributed by atoms with Crippen molar-refractivity contribution in [1.29, 1.82) is 0 Å². The molecule has 6 rings (SSSR count). The van der Waals surface area contributed by atoms with Crippen LogP contribution in [0.1, 0.15) is 113 Å². The van der Waals surface area contributed by atoms with E-state index >= 15 is 0 Å². The van der Waals surface area contributed by atoms with E-state index in [0.717, 1.165) is 71.0 Å². The number of furan rings is 1. The third-order valence-electron chi connectivity index (χ3n) is 11.4. The summed E-state index contributed by atoms with van der Waals surface area (Å²) in [4.78, 5) is 17.0. The minimum absolute atomic E-state index is 0. The topological polar surface area (TPSA) is 63.3 Å². The zero-order valence-corrected chi connectivity index (χ0v) is 37.3. The minimum Gasteiger partial charge on any atom is -0.512 e. The molecule has 3 aromatic heterocycles. The average molecular weight is 921 g/mol. The van der Waals surface area contributed by atoms with Crippen molar-refractivity contribution in [2.24, 2.45) is 16.7 Å². The van der Waals surface area contributed by atoms with Crippen molar-refractivity contribution in [3.63, 3.8) is 0 Å². The second-order valence-corrected chi connectivity index (χ2v) is 17.5. The van der Waals surface area contributed by atoms with Crippen LogP contribution in [-0.2, 0) is 36.7 Å². The van der Waals surface area contributed by atoms with Gasteiger partial charge in [-0.05, 0) is 73.3 Å². The molecular formula is C48H58IrNO3S-. The maximum absolute atomic E-state index is 12.2. The molecule has 3 heterocycles. The van der Waals surface area contributed by atoms with Gasteiger partial charge < -0.3 is 9.52 Å². The predicted molar refractivity (Wildman–Crippen MR) is 227 cm³/mol. The van der Waals surface area contributed by atoms with Gasteiger partial charge >= 0.3 is 0 Å². The zero-order chi connectivity index (χ0) is 38.7. The number of carbonyl (C=O) groups is 1. The number of ketones is 1. The fourth-order valence-electron chi connectivity index (χ4n) is 6.82. The standard InChI is InChI=1S/C33H30NOS.C15H28O2.Ir/c1-20(2)14-21-10-11-30-26(15-21)27(19-36-30)29-18-23-12-13-34-31(32(23)35-29)24-16-22-8-6-7-9-25(22)28(17-24)33(3,4)5;1-7-14(5,8-2)12(16)11-13(17)15(6,9-3)10-4;/h6-13,15,17-20H,14H2,1-5H3;11,16H,7-10H2,1-6H3;/q-1;;/b;12-11-;. The second kappa shape index (κ2) is 17.5. The van der Waals surface area contributed by atoms with Gasteiger partial charge in [-0.15, -0.1) is 40.5 Å². The van der Waals surface area contributed by atoms with E-state index in [1.807, 2.05) is 53.8 Å². The molecule has 3 aromatic carbocycles. The Hall–Kier alpha value is -3.57. The van der Waals surface area contributed by atoms with Crippen molar-refractivity contribution in [2.45, 2.75) is 114 Å². The molecule has 0 atom stereocenters. The third kappa shape index (κ3) is 9.10. The minimum atomic E-state index is -0.337. The summed E-state index contributed by atoms with van der Waals surface area (Å²) in [5.74, 6) is 1.80. The second-order valence-electron chi connectivity index (χ2n) is 16.6. The Morgan fingerprint density at radius 3 is 2.19 bits per heavy atom. The predicted octanol–water partition coefficient (Wildman–Crippen LogP) is 14.5. The number of hydrogen-bond donors (Lipinski definition) is 1. The Morgan fingerprint density at radius 1 is 0.889 bits per heavy atom. The van der Waals surface area contributed by atoms with E-state index in [4.69, 9.17) is 9.40 Å². The van der Waals surface area contributed by atoms with Crippen LogP contribution in [0.3, 0.4) is 0 Å². The SMILES string of the molecule is CC(C)Cc1ccc2scc(-c3cc4ccnc(-c5[c-]c6ccccc6c(C(C)(C)C)c5)c4o3)c2c1.CCC(C)(CC)C(=O)/C=C(\O)C(C)(CC)CC.[Ir]. The first-order valence-corrected chi connectivity index (χ1v) is 20.3. The van der Waals surface area contributed by atoms with Crippen LogP contribution in [0.2, 0.25) is 0 Å². The van der Waals surface area contributed by atoms with Gasteiger partial charge in [0.15, 0.2) is 5.78 Å². The summed E-state index contributed by atoms with van der Waals surface area (Å²) in [6, 6.07) is 25.4. The molecule has 0 saturated carbocycles. The normalized spacial score (nSPS) is 12.6. The van der Waals surface area contributed by atoms with Gasteiger partial charge in [-0.2, -0.15) is 0 Å². The van der Waals surface area contributed by atoms with Gasteiger partial charge in [0.2, 0.25) is 0 Å². The van der Waals surface area contributed by atoms with Crippen molar-refractivity contribution in [1.82, 2.24) is 4.98 Å². The Balaban J connectivity index is 0.000000309. The van der Waals surface area contributed by atoms with E-state index in [2.05, 4.69) is 101 Å². The average Bonchev–Trinajstić information content (AvgIpc) is 3.77. The summed E-state index contributed by atoms with van der Waals surface area (Å²) in [5, 5.41) is 17.0. The van der Waals surface area contributed by atoms with Gasteiger partial charge in [-0.3, -0.25) is 9.78 Å². The van der Waals surface area contributed by atoms with Crippen LogP contribution in [-0.4, -0.2) is 15.9 Å². The quantitative estimate of drug-likeness (QED) is 0.0799. The monoisotopic (exact) mass is 921 g/mol. The van der Waals surface area contributed by atoms with E-state index in [-0.39, 0.29) is 47.9 Å². The number of fused-ring (bicyclic) bond motifs is 3. The van der Waals surface area contributed by atoms with Gasteiger partial charge in [-0.25, -0.2) is 0 Å². The number of rotatable bonds is 11. The summed E-state index contributed by atoms with van der Waals surface area (Å²) in [5.41, 5.74) is 5.84. The van der Waals surface area contributed by atoms with Gasteiger partial charge in [-0.1, -0.05) is 111 Å². The largest absolute Gasteiger partial charge is 0.512 e. The fourth-order valence-corrected chi connectivity index (χ4v) is 7.75. The molecule has 0 aliphatic rings. The summed E-state index contributed by atoms with van der Waals surface area (Å²) in [7, 11) is 0. The number of aliphatic hydroxyl groups is 1. The number of pyridine rings is 1. The molecule has 4 nitrogen and oxygen atoms in total. The number of hydrogen-bond acceptors (Lipinski definition) is 5. The molecule has 0 spiro atoms. The molecule has 0 fully saturated rings. The first-order chi connectivity index (χ1) is 25.1. The molecule has 0 saturated heterocycles. The summed E-state index contributed by atoms with van der Waals surface area (Å²) in [6.45, 7) is 23.4. The van der Waals surface area contributed by atoms with Crippen LogP contribution in [0.25, 0.3) is 54.4 Å². The summed E-state index contributed by atoms with van der Waals surface area (Å²) in [6.07, 6.45) is 7.71. The Bertz CT molecular complexity index is 2240. The molecule has 289 valence electrons. The summed E-state index contributed by atoms with van der Waals surface area (Å²) >= 11 is 1.77. The van der Waals surface area contributed by atoms with E-state index in [0.29, 0.717) is 5.92 Å². The fraction of sp³-hybridized carbons (Fsp3) is 0.417. The van der Waals surface area contributed by atoms with E-state index < -0.39 is 0 Å². The number of benzene rings is 3. The number of aromatic nitrogens is 1. The van der Waals surface area contributed by atoms with E-state index in [1.54, 1.807) is 11.3 Å². The van der Waals surface area contributed by atoms with Crippen molar-refractivity contribution >= 4 is 48.9 Å². The molecule has 0 amide bonds. The van der Waals surface area contributed by atoms with Crippen LogP contribution in [0.5, 0.6) is 0 Å². The van der Waals surface area contributed by atoms with Gasteiger partial charge in [0.25, 0.3) is 0 Å². The van der Waals surface area contributed by atoms with E-state index in [9.17, 15) is 9.90 Å². The van der Waals surface area contributed by atoms with Crippen LogP contribution in [0.4, 0.5) is 0 Å². The number of allylic oxidation sites excluding steroid dienone is 2. The number of thiophene rings is 1. The molecule has 0 aliphatic heterocycles. The summed E-state index contributed by atoms with van der Waals surface area (Å²) < 4.78 is 7.87. The smallest absolute Gasteiger partial charge is 0.164 e. The zero-order valence-electron chi connectivity index (χ0n) is 34.1. The first kappa shape index (κ1) is 43.2. The maximum atomic E-state index is 12.2. The van der Waals surface area contributed by atoms with Crippen molar-refractivity contribution in [2.75, 3.05) is 0 Å². The Kier molecular flexibility index (Phi) is 14.0. The molecular weight excluding hydrogens is 863 g/mol. The van der Waals surface area contributed by atoms with Crippen molar-refractivity contribution < 1.29 is 34.4 Å². The molecule has 0 bridgehead atoms. The molecule has 0 aliphatic carbocycles. The van der Waals surface area contributed by atoms with Crippen molar-refractivity contribution in [3.8, 4) is 22.6 Å². The third-order valence-corrected chi connectivity index (χ3v) is 12.4. The van der Waals surface area contributed by atoms with E-state index in [1.165, 1.54) is 32.7 Å². The van der Waals surface area contributed by atoms with Crippen LogP contribution in [0.15, 0.2) is 88.5 Å². The van der Waals surface area contributed by atoms with Gasteiger partial charge in [0.05, 0.1) is 0 Å². The molecule has 1 N–H and O–H groups in total. The number of carbonyl (C=O) groups excluding carboxylic acids is 1. The van der Waals surface area contributed by atoms with Gasteiger partial charge in [0, 0.05) is 75.3 Å². The Morgan fingerprint density at radius 2 is 1.56 bits per heavy atom. The maximum Gasteiger partial charge on any atom is 0.164 e. The Labute approximate surface area is 340 Å². The van der Waals surface area contributed by atoms with Crippen molar-refractivity contribution in [3.05, 3.63) is 101 Å².